The number of piperazine rings is 1. The molecule has 7 N–H and O–H groups in total. The van der Waals surface area contributed by atoms with Crippen LogP contribution in [-0.2, 0) is 4.79 Å². The first-order valence-corrected chi connectivity index (χ1v) is 13.5. The summed E-state index contributed by atoms with van der Waals surface area (Å²) in [6.07, 6.45) is 4.17. The molecule has 5 unspecified atom stereocenters. The number of rotatable bonds is 7. The van der Waals surface area contributed by atoms with Crippen LogP contribution in [0.5, 0.6) is 0 Å². The van der Waals surface area contributed by atoms with Crippen molar-refractivity contribution in [2.75, 3.05) is 69.2 Å². The lowest BCUT2D eigenvalue weighted by molar-refractivity contribution is -0.132. The number of nitrogens with zero attached hydrogens (tertiary/aromatic N) is 3. The van der Waals surface area contributed by atoms with Crippen molar-refractivity contribution in [1.82, 2.24) is 31.3 Å². The fourth-order valence-electron chi connectivity index (χ4n) is 5.90. The number of hydrazine groups is 1. The van der Waals surface area contributed by atoms with Gasteiger partial charge in [0.25, 0.3) is 0 Å². The molecule has 11 heteroatoms. The highest BCUT2D eigenvalue weighted by atomic mass is 16.3. The summed E-state index contributed by atoms with van der Waals surface area (Å²) in [5, 5.41) is 29.8. The van der Waals surface area contributed by atoms with Crippen molar-refractivity contribution >= 4 is 17.3 Å². The maximum atomic E-state index is 12.8. The normalized spacial score (nSPS) is 31.3. The molecule has 5 atom stereocenters. The van der Waals surface area contributed by atoms with Crippen LogP contribution >= 0.6 is 0 Å². The van der Waals surface area contributed by atoms with Gasteiger partial charge in [0.2, 0.25) is 5.91 Å². The van der Waals surface area contributed by atoms with Crippen LogP contribution in [0.15, 0.2) is 24.3 Å². The molecule has 4 aliphatic heterocycles. The summed E-state index contributed by atoms with van der Waals surface area (Å²) in [5.74, 6) is -0.227. The minimum absolute atomic E-state index is 0.00104. The van der Waals surface area contributed by atoms with Gasteiger partial charge in [-0.05, 0) is 37.1 Å². The van der Waals surface area contributed by atoms with Gasteiger partial charge in [-0.25, -0.2) is 5.43 Å². The van der Waals surface area contributed by atoms with Crippen molar-refractivity contribution in [3.05, 3.63) is 24.3 Å². The van der Waals surface area contributed by atoms with Crippen LogP contribution in [0.25, 0.3) is 0 Å². The Morgan fingerprint density at radius 3 is 2.39 bits per heavy atom. The number of nitrogens with one attached hydrogen (secondary N) is 5. The quantitative estimate of drug-likeness (QED) is 0.246. The molecule has 1 aromatic carbocycles. The SMILES string of the molecule is O=C1NNCC2NC(N3CCCCCC3)NC(Nc3ccc(N4CCN(CC(O)CO)CC4)cc3)C12. The summed E-state index contributed by atoms with van der Waals surface area (Å²) in [4.78, 5) is 19.8. The summed E-state index contributed by atoms with van der Waals surface area (Å²) in [6.45, 7) is 6.63. The molecule has 11 nitrogen and oxygen atoms in total. The minimum Gasteiger partial charge on any atom is -0.394 e. The van der Waals surface area contributed by atoms with Crippen LogP contribution in [0.3, 0.4) is 0 Å². The Morgan fingerprint density at radius 2 is 1.69 bits per heavy atom. The molecule has 0 radical (unpaired) electrons. The van der Waals surface area contributed by atoms with Gasteiger partial charge in [-0.3, -0.25) is 30.7 Å². The first-order valence-electron chi connectivity index (χ1n) is 13.5. The highest BCUT2D eigenvalue weighted by molar-refractivity contribution is 5.81. The highest BCUT2D eigenvalue weighted by Crippen LogP contribution is 2.25. The molecule has 4 aliphatic rings. The Kier molecular flexibility index (Phi) is 8.58. The summed E-state index contributed by atoms with van der Waals surface area (Å²) in [7, 11) is 0. The lowest BCUT2D eigenvalue weighted by atomic mass is 9.91. The van der Waals surface area contributed by atoms with Crippen molar-refractivity contribution in [3.63, 3.8) is 0 Å². The summed E-state index contributed by atoms with van der Waals surface area (Å²) in [6, 6.07) is 8.50. The van der Waals surface area contributed by atoms with E-state index >= 15 is 0 Å². The molecular formula is C25H42N8O3. The van der Waals surface area contributed by atoms with Crippen molar-refractivity contribution in [1.29, 1.82) is 0 Å². The monoisotopic (exact) mass is 502 g/mol. The number of fused-ring (bicyclic) bond motifs is 1. The van der Waals surface area contributed by atoms with Crippen LogP contribution in [0, 0.1) is 5.92 Å². The third kappa shape index (κ3) is 6.10. The summed E-state index contributed by atoms with van der Waals surface area (Å²) >= 11 is 0. The molecule has 4 fully saturated rings. The Hall–Kier alpha value is -1.99. The number of benzene rings is 1. The first kappa shape index (κ1) is 25.7. The van der Waals surface area contributed by atoms with E-state index in [1.165, 1.54) is 31.4 Å². The van der Waals surface area contributed by atoms with E-state index in [4.69, 9.17) is 5.11 Å². The minimum atomic E-state index is -0.675. The van der Waals surface area contributed by atoms with Gasteiger partial charge in [-0.1, -0.05) is 12.8 Å². The maximum absolute atomic E-state index is 12.8. The van der Waals surface area contributed by atoms with E-state index in [1.807, 2.05) is 0 Å². The number of amides is 1. The van der Waals surface area contributed by atoms with Crippen molar-refractivity contribution in [2.45, 2.75) is 50.3 Å². The van der Waals surface area contributed by atoms with Gasteiger partial charge in [0.1, 0.15) is 6.29 Å². The average Bonchev–Trinajstić information content (AvgIpc) is 3.19. The molecule has 0 spiro atoms. The fourth-order valence-corrected chi connectivity index (χ4v) is 5.90. The van der Waals surface area contributed by atoms with Gasteiger partial charge in [0, 0.05) is 69.8 Å². The van der Waals surface area contributed by atoms with Gasteiger partial charge < -0.3 is 20.4 Å². The van der Waals surface area contributed by atoms with Gasteiger partial charge in [0.15, 0.2) is 0 Å². The van der Waals surface area contributed by atoms with Crippen molar-refractivity contribution in [2.24, 2.45) is 5.92 Å². The van der Waals surface area contributed by atoms with Crippen molar-refractivity contribution < 1.29 is 15.0 Å². The third-order valence-electron chi connectivity index (χ3n) is 7.95. The van der Waals surface area contributed by atoms with Gasteiger partial charge >= 0.3 is 0 Å². The van der Waals surface area contributed by atoms with Gasteiger partial charge in [-0.15, -0.1) is 0 Å². The predicted molar refractivity (Wildman–Crippen MR) is 139 cm³/mol. The molecular weight excluding hydrogens is 460 g/mol. The topological polar surface area (TPSA) is 127 Å². The zero-order valence-corrected chi connectivity index (χ0v) is 21.0. The van der Waals surface area contributed by atoms with Crippen molar-refractivity contribution in [3.8, 4) is 0 Å². The number of β-amino-alcohol motifs (C(OH)–C–C–N with tert-alkyl or cyclic N) is 1. The van der Waals surface area contributed by atoms with Crippen LogP contribution in [0.1, 0.15) is 25.7 Å². The number of likely N-dealkylation sites (tertiary alicyclic amines) is 1. The number of hydrogen-bond acceptors (Lipinski definition) is 10. The first-order chi connectivity index (χ1) is 17.6. The Morgan fingerprint density at radius 1 is 0.972 bits per heavy atom. The number of aliphatic hydroxyl groups is 2. The average molecular weight is 503 g/mol. The number of anilines is 2. The van der Waals surface area contributed by atoms with Crippen LogP contribution in [0.4, 0.5) is 11.4 Å². The third-order valence-corrected chi connectivity index (χ3v) is 7.95. The molecule has 1 amide bonds. The van der Waals surface area contributed by atoms with E-state index in [1.54, 1.807) is 0 Å². The zero-order chi connectivity index (χ0) is 24.9. The second-order valence-corrected chi connectivity index (χ2v) is 10.5. The number of aliphatic hydroxyl groups excluding tert-OH is 2. The Labute approximate surface area is 213 Å². The van der Waals surface area contributed by atoms with E-state index in [2.05, 4.69) is 65.8 Å². The second-order valence-electron chi connectivity index (χ2n) is 10.5. The second kappa shape index (κ2) is 12.0. The molecule has 0 bridgehead atoms. The lowest BCUT2D eigenvalue weighted by Crippen LogP contribution is -2.76. The van der Waals surface area contributed by atoms with E-state index in [9.17, 15) is 9.90 Å². The Balaban J connectivity index is 1.22. The standard InChI is InChI=1S/C25H42N8O3/c34-17-20(35)16-31-11-13-32(14-12-31)19-7-5-18(6-8-19)27-23-22-21(15-26-30-24(22)36)28-25(29-23)33-9-3-1-2-4-10-33/h5-8,20-23,25-29,34-35H,1-4,9-17H2,(H,30,36). The molecule has 4 saturated heterocycles. The molecule has 0 saturated carbocycles. The maximum Gasteiger partial charge on any atom is 0.242 e. The lowest BCUT2D eigenvalue weighted by Gasteiger charge is -2.48. The van der Waals surface area contributed by atoms with E-state index in [-0.39, 0.29) is 36.9 Å². The number of hydrogen-bond donors (Lipinski definition) is 7. The smallest absolute Gasteiger partial charge is 0.242 e. The Bertz CT molecular complexity index is 842. The summed E-state index contributed by atoms with van der Waals surface area (Å²) in [5.41, 5.74) is 8.01. The zero-order valence-electron chi connectivity index (χ0n) is 21.0. The molecule has 4 heterocycles. The molecule has 36 heavy (non-hydrogen) atoms. The molecule has 0 aromatic heterocycles. The summed E-state index contributed by atoms with van der Waals surface area (Å²) < 4.78 is 0. The fraction of sp³-hybridized carbons (Fsp3) is 0.720. The molecule has 5 rings (SSSR count). The van der Waals surface area contributed by atoms with Gasteiger partial charge in [0.05, 0.1) is 24.8 Å². The van der Waals surface area contributed by atoms with Crippen LogP contribution in [-0.4, -0.2) is 109 Å². The van der Waals surface area contributed by atoms with E-state index in [0.717, 1.165) is 45.0 Å². The van der Waals surface area contributed by atoms with Gasteiger partial charge in [-0.2, -0.15) is 0 Å². The molecule has 0 aliphatic carbocycles. The largest absolute Gasteiger partial charge is 0.394 e. The highest BCUT2D eigenvalue weighted by Gasteiger charge is 2.44. The van der Waals surface area contributed by atoms with Crippen LogP contribution < -0.4 is 31.7 Å². The molecule has 200 valence electrons. The van der Waals surface area contributed by atoms with Crippen LogP contribution in [0.2, 0.25) is 0 Å². The number of carbonyl (C=O) groups excluding carboxylic acids is 1. The van der Waals surface area contributed by atoms with E-state index in [0.29, 0.717) is 13.1 Å². The molecule has 1 aromatic rings. The van der Waals surface area contributed by atoms with E-state index < -0.39 is 6.10 Å². The number of carbonyl (C=O) groups is 1. The predicted octanol–water partition coefficient (Wildman–Crippen LogP) is -1.13.